The molecular weight excluding hydrogens is 191 g/mol. The van der Waals surface area contributed by atoms with Crippen molar-refractivity contribution in [3.8, 4) is 0 Å². The number of halogens is 1. The summed E-state index contributed by atoms with van der Waals surface area (Å²) in [6, 6.07) is 0. The number of hydrogen-bond acceptors (Lipinski definition) is 4. The van der Waals surface area contributed by atoms with Crippen LogP contribution in [0.25, 0.3) is 0 Å². The number of nitrogens with one attached hydrogen (secondary N) is 1. The molecule has 2 rings (SSSR count). The average Bonchev–Trinajstić information content (AvgIpc) is 2.45. The monoisotopic (exact) mass is 196 g/mol. The maximum Gasteiger partial charge on any atom is 0.357 e. The molecule has 0 aromatic rings. The number of nitrogens with zero attached hydrogens (tertiary/aromatic N) is 1. The standard InChI is InChI=1S/C8H5FN2O3/c9-5-4-3(12)1-2-10-7(4)11-6(5)8(13)14/h1-2,7,10H,(H,13,14). The van der Waals surface area contributed by atoms with Crippen molar-refractivity contribution in [2.24, 2.45) is 4.99 Å². The van der Waals surface area contributed by atoms with Gasteiger partial charge in [0.15, 0.2) is 23.5 Å². The summed E-state index contributed by atoms with van der Waals surface area (Å²) in [6.07, 6.45) is 1.56. The van der Waals surface area contributed by atoms with Crippen LogP contribution in [0.3, 0.4) is 0 Å². The molecule has 1 atom stereocenters. The second-order valence-corrected chi connectivity index (χ2v) is 2.78. The Bertz CT molecular complexity index is 422. The van der Waals surface area contributed by atoms with Crippen molar-refractivity contribution in [2.45, 2.75) is 6.17 Å². The summed E-state index contributed by atoms with van der Waals surface area (Å²) in [5, 5.41) is 11.1. The van der Waals surface area contributed by atoms with Gasteiger partial charge in [0.1, 0.15) is 0 Å². The van der Waals surface area contributed by atoms with E-state index < -0.39 is 29.5 Å². The summed E-state index contributed by atoms with van der Waals surface area (Å²) in [5.41, 5.74) is -0.931. The van der Waals surface area contributed by atoms with Gasteiger partial charge in [-0.3, -0.25) is 4.79 Å². The Hall–Kier alpha value is -1.98. The molecule has 0 saturated carbocycles. The van der Waals surface area contributed by atoms with Crippen molar-refractivity contribution >= 4 is 17.5 Å². The molecule has 0 amide bonds. The first-order valence-corrected chi connectivity index (χ1v) is 3.79. The van der Waals surface area contributed by atoms with Crippen LogP contribution in [0.2, 0.25) is 0 Å². The van der Waals surface area contributed by atoms with E-state index in [2.05, 4.69) is 10.3 Å². The van der Waals surface area contributed by atoms with Gasteiger partial charge in [-0.15, -0.1) is 0 Å². The van der Waals surface area contributed by atoms with Crippen LogP contribution in [-0.2, 0) is 9.59 Å². The zero-order valence-electron chi connectivity index (χ0n) is 6.82. The van der Waals surface area contributed by atoms with Gasteiger partial charge in [0.05, 0.1) is 5.57 Å². The Kier molecular flexibility index (Phi) is 1.70. The molecule has 0 saturated heterocycles. The van der Waals surface area contributed by atoms with Gasteiger partial charge >= 0.3 is 5.97 Å². The Morgan fingerprint density at radius 2 is 2.36 bits per heavy atom. The number of rotatable bonds is 1. The molecule has 14 heavy (non-hydrogen) atoms. The number of aliphatic carboxylic acids is 1. The second kappa shape index (κ2) is 2.76. The van der Waals surface area contributed by atoms with E-state index in [0.29, 0.717) is 0 Å². The van der Waals surface area contributed by atoms with Gasteiger partial charge in [0.25, 0.3) is 0 Å². The van der Waals surface area contributed by atoms with E-state index in [0.717, 1.165) is 6.08 Å². The topological polar surface area (TPSA) is 78.8 Å². The summed E-state index contributed by atoms with van der Waals surface area (Å²) in [7, 11) is 0. The smallest absolute Gasteiger partial charge is 0.357 e. The Labute approximate surface area is 77.6 Å². The number of allylic oxidation sites excluding steroid dienone is 1. The third kappa shape index (κ3) is 1.04. The molecule has 5 nitrogen and oxygen atoms in total. The normalized spacial score (nSPS) is 24.5. The summed E-state index contributed by atoms with van der Waals surface area (Å²) in [5.74, 6) is -3.07. The number of fused-ring (bicyclic) bond motifs is 1. The lowest BCUT2D eigenvalue weighted by Gasteiger charge is -2.13. The minimum absolute atomic E-state index is 0.232. The zero-order chi connectivity index (χ0) is 10.3. The third-order valence-electron chi connectivity index (χ3n) is 1.93. The summed E-state index contributed by atoms with van der Waals surface area (Å²) >= 11 is 0. The van der Waals surface area contributed by atoms with E-state index >= 15 is 0 Å². The van der Waals surface area contributed by atoms with E-state index in [9.17, 15) is 14.0 Å². The minimum atomic E-state index is -1.47. The van der Waals surface area contributed by atoms with E-state index in [4.69, 9.17) is 5.11 Å². The highest BCUT2D eigenvalue weighted by molar-refractivity contribution is 6.44. The van der Waals surface area contributed by atoms with Crippen molar-refractivity contribution in [1.29, 1.82) is 0 Å². The fourth-order valence-electron chi connectivity index (χ4n) is 1.32. The summed E-state index contributed by atoms with van der Waals surface area (Å²) in [6.45, 7) is 0. The third-order valence-corrected chi connectivity index (χ3v) is 1.93. The van der Waals surface area contributed by atoms with E-state index in [1.54, 1.807) is 0 Å². The van der Waals surface area contributed by atoms with Gasteiger partial charge in [-0.2, -0.15) is 0 Å². The van der Waals surface area contributed by atoms with Crippen LogP contribution in [0.1, 0.15) is 0 Å². The van der Waals surface area contributed by atoms with Crippen LogP contribution in [0.15, 0.2) is 28.7 Å². The zero-order valence-corrected chi connectivity index (χ0v) is 6.82. The van der Waals surface area contributed by atoms with Crippen molar-refractivity contribution in [3.63, 3.8) is 0 Å². The first-order chi connectivity index (χ1) is 6.61. The maximum absolute atomic E-state index is 13.3. The molecule has 0 bridgehead atoms. The fourth-order valence-corrected chi connectivity index (χ4v) is 1.32. The number of carboxylic acids is 1. The van der Waals surface area contributed by atoms with Crippen LogP contribution in [0.5, 0.6) is 0 Å². The number of aliphatic imine (C=N–C) groups is 1. The van der Waals surface area contributed by atoms with Crippen molar-refractivity contribution in [2.75, 3.05) is 0 Å². The van der Waals surface area contributed by atoms with Gasteiger partial charge in [0, 0.05) is 12.3 Å². The second-order valence-electron chi connectivity index (χ2n) is 2.78. The molecule has 0 spiro atoms. The molecule has 0 fully saturated rings. The van der Waals surface area contributed by atoms with Crippen LogP contribution >= 0.6 is 0 Å². The number of carboxylic acid groups (broad SMARTS) is 1. The van der Waals surface area contributed by atoms with Crippen LogP contribution in [-0.4, -0.2) is 28.7 Å². The van der Waals surface area contributed by atoms with Crippen LogP contribution < -0.4 is 5.32 Å². The largest absolute Gasteiger partial charge is 0.476 e. The minimum Gasteiger partial charge on any atom is -0.476 e. The lowest BCUT2D eigenvalue weighted by atomic mass is 10.1. The highest BCUT2D eigenvalue weighted by Crippen LogP contribution is 2.24. The molecule has 0 aromatic heterocycles. The first kappa shape index (κ1) is 8.61. The molecule has 1 unspecified atom stereocenters. The van der Waals surface area contributed by atoms with Crippen LogP contribution in [0.4, 0.5) is 4.39 Å². The molecule has 72 valence electrons. The molecule has 0 radical (unpaired) electrons. The quantitative estimate of drug-likeness (QED) is 0.606. The molecule has 2 aliphatic heterocycles. The van der Waals surface area contributed by atoms with Gasteiger partial charge in [0.2, 0.25) is 0 Å². The molecule has 6 heteroatoms. The Balaban J connectivity index is 2.49. The lowest BCUT2D eigenvalue weighted by Crippen LogP contribution is -2.30. The Morgan fingerprint density at radius 3 is 2.93 bits per heavy atom. The van der Waals surface area contributed by atoms with Gasteiger partial charge < -0.3 is 10.4 Å². The highest BCUT2D eigenvalue weighted by Gasteiger charge is 2.36. The summed E-state index contributed by atoms with van der Waals surface area (Å²) in [4.78, 5) is 25.2. The number of carbonyl (C=O) groups excluding carboxylic acids is 1. The maximum atomic E-state index is 13.3. The fraction of sp³-hybridized carbons (Fsp3) is 0.125. The Morgan fingerprint density at radius 1 is 1.64 bits per heavy atom. The van der Waals surface area contributed by atoms with Crippen molar-refractivity contribution < 1.29 is 19.1 Å². The molecule has 0 aliphatic carbocycles. The average molecular weight is 196 g/mol. The molecule has 2 heterocycles. The SMILES string of the molecule is O=C(O)C1=NC2NC=CC(=O)C2=C1F. The molecule has 0 aromatic carbocycles. The lowest BCUT2D eigenvalue weighted by molar-refractivity contribution is -0.129. The predicted octanol–water partition coefficient (Wildman–Crippen LogP) is -0.239. The number of carbonyl (C=O) groups is 2. The van der Waals surface area contributed by atoms with Gasteiger partial charge in [-0.1, -0.05) is 0 Å². The van der Waals surface area contributed by atoms with Crippen LogP contribution in [0, 0.1) is 0 Å². The van der Waals surface area contributed by atoms with Gasteiger partial charge in [-0.05, 0) is 0 Å². The summed E-state index contributed by atoms with van der Waals surface area (Å²) < 4.78 is 13.3. The van der Waals surface area contributed by atoms with Crippen molar-refractivity contribution in [1.82, 2.24) is 5.32 Å². The van der Waals surface area contributed by atoms with E-state index in [1.807, 2.05) is 0 Å². The first-order valence-electron chi connectivity index (χ1n) is 3.79. The molecule has 2 aliphatic rings. The molecular formula is C8H5FN2O3. The number of ketones is 1. The van der Waals surface area contributed by atoms with Crippen molar-refractivity contribution in [3.05, 3.63) is 23.7 Å². The van der Waals surface area contributed by atoms with E-state index in [-0.39, 0.29) is 5.57 Å². The predicted molar refractivity (Wildman–Crippen MR) is 44.3 cm³/mol. The van der Waals surface area contributed by atoms with Gasteiger partial charge in [-0.25, -0.2) is 14.2 Å². The number of hydrogen-bond donors (Lipinski definition) is 2. The molecule has 2 N–H and O–H groups in total. The van der Waals surface area contributed by atoms with E-state index in [1.165, 1.54) is 6.20 Å². The highest BCUT2D eigenvalue weighted by atomic mass is 19.1.